The number of hydrogen-bond donors (Lipinski definition) is 0. The maximum atomic E-state index is 5.73. The molecule has 0 amide bonds. The molecule has 30 heavy (non-hydrogen) atoms. The molecule has 0 atom stereocenters. The van der Waals surface area contributed by atoms with Crippen LogP contribution in [0.5, 0.6) is 5.75 Å². The van der Waals surface area contributed by atoms with Crippen molar-refractivity contribution in [3.8, 4) is 17.6 Å². The van der Waals surface area contributed by atoms with Crippen LogP contribution < -0.4 is 4.74 Å². The van der Waals surface area contributed by atoms with E-state index in [0.717, 1.165) is 30.8 Å². The SMILES string of the molecule is CCCCCc1ccc([C@H]2CC[C@H](C#Cc3ccc(OCCCC)cc3)CC2)cc1. The van der Waals surface area contributed by atoms with Crippen LogP contribution in [0.4, 0.5) is 0 Å². The summed E-state index contributed by atoms with van der Waals surface area (Å²) in [6, 6.07) is 17.7. The standard InChI is InChI=1S/C29H38O/c1-3-5-7-8-24-11-17-27(18-12-24)28-19-13-25(14-20-28)9-10-26-15-21-29(22-16-26)30-23-6-4-2/h11-12,15-18,21-22,25,28H,3-8,13-14,19-20,23H2,1-2H3/t25-,28-. The highest BCUT2D eigenvalue weighted by Crippen LogP contribution is 2.35. The zero-order valence-electron chi connectivity index (χ0n) is 19.0. The lowest BCUT2D eigenvalue weighted by molar-refractivity contribution is 0.309. The summed E-state index contributed by atoms with van der Waals surface area (Å²) in [6.45, 7) is 5.25. The van der Waals surface area contributed by atoms with Gasteiger partial charge in [-0.05, 0) is 86.3 Å². The van der Waals surface area contributed by atoms with Gasteiger partial charge in [0.1, 0.15) is 5.75 Å². The monoisotopic (exact) mass is 402 g/mol. The lowest BCUT2D eigenvalue weighted by atomic mass is 9.78. The molecule has 0 heterocycles. The predicted molar refractivity (Wildman–Crippen MR) is 128 cm³/mol. The molecule has 0 bridgehead atoms. The second-order valence-corrected chi connectivity index (χ2v) is 8.74. The summed E-state index contributed by atoms with van der Waals surface area (Å²) in [4.78, 5) is 0. The molecule has 0 radical (unpaired) electrons. The van der Waals surface area contributed by atoms with E-state index in [0.29, 0.717) is 11.8 Å². The zero-order valence-corrected chi connectivity index (χ0v) is 19.0. The average molecular weight is 403 g/mol. The highest BCUT2D eigenvalue weighted by atomic mass is 16.5. The third-order valence-electron chi connectivity index (χ3n) is 6.29. The van der Waals surface area contributed by atoms with E-state index in [2.05, 4.69) is 62.1 Å². The fourth-order valence-electron chi connectivity index (χ4n) is 4.26. The highest BCUT2D eigenvalue weighted by molar-refractivity contribution is 5.38. The first kappa shape index (κ1) is 22.5. The van der Waals surface area contributed by atoms with Gasteiger partial charge in [0.15, 0.2) is 0 Å². The van der Waals surface area contributed by atoms with Crippen LogP contribution in [0.15, 0.2) is 48.5 Å². The third kappa shape index (κ3) is 7.24. The van der Waals surface area contributed by atoms with Crippen LogP contribution in [-0.4, -0.2) is 6.61 Å². The predicted octanol–water partition coefficient (Wildman–Crippen LogP) is 7.92. The van der Waals surface area contributed by atoms with Crippen molar-refractivity contribution in [2.75, 3.05) is 6.61 Å². The van der Waals surface area contributed by atoms with E-state index >= 15 is 0 Å². The van der Waals surface area contributed by atoms with E-state index < -0.39 is 0 Å². The van der Waals surface area contributed by atoms with E-state index in [-0.39, 0.29) is 0 Å². The summed E-state index contributed by atoms with van der Waals surface area (Å²) in [5.74, 6) is 9.12. The van der Waals surface area contributed by atoms with Crippen molar-refractivity contribution in [2.45, 2.75) is 84.0 Å². The smallest absolute Gasteiger partial charge is 0.119 e. The molecule has 2 aromatic rings. The number of ether oxygens (including phenoxy) is 1. The summed E-state index contributed by atoms with van der Waals surface area (Å²) in [5, 5.41) is 0. The minimum Gasteiger partial charge on any atom is -0.494 e. The van der Waals surface area contributed by atoms with Crippen molar-refractivity contribution in [1.29, 1.82) is 0 Å². The molecule has 1 fully saturated rings. The van der Waals surface area contributed by atoms with E-state index in [4.69, 9.17) is 4.74 Å². The number of unbranched alkanes of at least 4 members (excludes halogenated alkanes) is 3. The normalized spacial score (nSPS) is 18.5. The van der Waals surface area contributed by atoms with Crippen molar-refractivity contribution in [3.63, 3.8) is 0 Å². The van der Waals surface area contributed by atoms with Gasteiger partial charge in [0.2, 0.25) is 0 Å². The maximum absolute atomic E-state index is 5.73. The molecule has 0 saturated heterocycles. The Morgan fingerprint density at radius 3 is 2.17 bits per heavy atom. The molecular formula is C29H38O. The van der Waals surface area contributed by atoms with Gasteiger partial charge in [-0.1, -0.05) is 69.2 Å². The van der Waals surface area contributed by atoms with Gasteiger partial charge in [-0.15, -0.1) is 0 Å². The van der Waals surface area contributed by atoms with Gasteiger partial charge < -0.3 is 4.74 Å². The molecule has 1 nitrogen and oxygen atoms in total. The van der Waals surface area contributed by atoms with Crippen LogP contribution in [0, 0.1) is 17.8 Å². The number of benzene rings is 2. The summed E-state index contributed by atoms with van der Waals surface area (Å²) in [6.07, 6.45) is 12.4. The molecule has 1 heteroatoms. The Morgan fingerprint density at radius 1 is 0.800 bits per heavy atom. The topological polar surface area (TPSA) is 9.23 Å². The summed E-state index contributed by atoms with van der Waals surface area (Å²) < 4.78 is 5.73. The lowest BCUT2D eigenvalue weighted by Gasteiger charge is -2.26. The van der Waals surface area contributed by atoms with Crippen LogP contribution in [0.25, 0.3) is 0 Å². The van der Waals surface area contributed by atoms with Crippen LogP contribution in [0.2, 0.25) is 0 Å². The second kappa shape index (κ2) is 12.5. The fraction of sp³-hybridized carbons (Fsp3) is 0.517. The lowest BCUT2D eigenvalue weighted by Crippen LogP contribution is -2.12. The third-order valence-corrected chi connectivity index (χ3v) is 6.29. The minimum atomic E-state index is 0.537. The first-order valence-electron chi connectivity index (χ1n) is 12.1. The first-order chi connectivity index (χ1) is 14.8. The Morgan fingerprint density at radius 2 is 1.50 bits per heavy atom. The van der Waals surface area contributed by atoms with Crippen molar-refractivity contribution >= 4 is 0 Å². The second-order valence-electron chi connectivity index (χ2n) is 8.74. The molecule has 0 aliphatic heterocycles. The molecule has 160 valence electrons. The number of hydrogen-bond acceptors (Lipinski definition) is 1. The Hall–Kier alpha value is -2.20. The molecule has 1 aliphatic carbocycles. The molecule has 1 aliphatic rings. The number of aryl methyl sites for hydroxylation is 1. The van der Waals surface area contributed by atoms with Crippen molar-refractivity contribution in [3.05, 3.63) is 65.2 Å². The first-order valence-corrected chi connectivity index (χ1v) is 12.1. The summed E-state index contributed by atoms with van der Waals surface area (Å²) in [7, 11) is 0. The summed E-state index contributed by atoms with van der Waals surface area (Å²) in [5.41, 5.74) is 4.12. The van der Waals surface area contributed by atoms with Gasteiger partial charge in [0.05, 0.1) is 6.61 Å². The van der Waals surface area contributed by atoms with Gasteiger partial charge >= 0.3 is 0 Å². The molecule has 0 aromatic heterocycles. The molecule has 0 N–H and O–H groups in total. The average Bonchev–Trinajstić information content (AvgIpc) is 2.80. The molecule has 0 spiro atoms. The van der Waals surface area contributed by atoms with E-state index in [1.54, 1.807) is 0 Å². The molecule has 3 rings (SSSR count). The molecular weight excluding hydrogens is 364 g/mol. The Kier molecular flexibility index (Phi) is 9.36. The van der Waals surface area contributed by atoms with Gasteiger partial charge in [-0.3, -0.25) is 0 Å². The quantitative estimate of drug-likeness (QED) is 0.306. The zero-order chi connectivity index (χ0) is 21.0. The molecule has 1 saturated carbocycles. The van der Waals surface area contributed by atoms with Gasteiger partial charge in [0, 0.05) is 11.5 Å². The van der Waals surface area contributed by atoms with Crippen LogP contribution >= 0.6 is 0 Å². The fourth-order valence-corrected chi connectivity index (χ4v) is 4.26. The van der Waals surface area contributed by atoms with Crippen LogP contribution in [-0.2, 0) is 6.42 Å². The molecule has 0 unspecified atom stereocenters. The van der Waals surface area contributed by atoms with Gasteiger partial charge in [-0.2, -0.15) is 0 Å². The van der Waals surface area contributed by atoms with E-state index in [1.807, 2.05) is 12.1 Å². The van der Waals surface area contributed by atoms with Gasteiger partial charge in [0.25, 0.3) is 0 Å². The van der Waals surface area contributed by atoms with E-state index in [1.165, 1.54) is 62.5 Å². The molecule has 2 aromatic carbocycles. The van der Waals surface area contributed by atoms with Crippen LogP contribution in [0.3, 0.4) is 0 Å². The summed E-state index contributed by atoms with van der Waals surface area (Å²) >= 11 is 0. The Balaban J connectivity index is 1.44. The van der Waals surface area contributed by atoms with Crippen LogP contribution in [0.1, 0.15) is 94.2 Å². The minimum absolute atomic E-state index is 0.537. The van der Waals surface area contributed by atoms with Gasteiger partial charge in [-0.25, -0.2) is 0 Å². The Bertz CT molecular complexity index is 783. The van der Waals surface area contributed by atoms with Crippen molar-refractivity contribution < 1.29 is 4.74 Å². The maximum Gasteiger partial charge on any atom is 0.119 e. The van der Waals surface area contributed by atoms with E-state index in [9.17, 15) is 0 Å². The highest BCUT2D eigenvalue weighted by Gasteiger charge is 2.21. The van der Waals surface area contributed by atoms with Crippen molar-refractivity contribution in [1.82, 2.24) is 0 Å². The largest absolute Gasteiger partial charge is 0.494 e. The van der Waals surface area contributed by atoms with Crippen molar-refractivity contribution in [2.24, 2.45) is 5.92 Å². The number of rotatable bonds is 9. The Labute approximate surface area is 184 Å².